The Morgan fingerprint density at radius 1 is 1.08 bits per heavy atom. The molecular weight excluding hydrogens is 483 g/mol. The van der Waals surface area contributed by atoms with E-state index in [4.69, 9.17) is 0 Å². The van der Waals surface area contributed by atoms with Gasteiger partial charge in [-0.2, -0.15) is 0 Å². The molecule has 10 heteroatoms. The van der Waals surface area contributed by atoms with Crippen molar-refractivity contribution in [1.29, 1.82) is 0 Å². The number of aromatic hydroxyl groups is 1. The normalized spacial score (nSPS) is 24.9. The Labute approximate surface area is 211 Å². The SMILES string of the molecule is B[C@]1(N2[C@@H]3CC[C@@H](C)CN3C(=O)c3c(O)c(=O)ccn32)c2ccccc2SCc2c1ccc(F)c2F. The fraction of sp³-hybridized carbons (Fsp3) is 0.308. The predicted octanol–water partition coefficient (Wildman–Crippen LogP) is 3.12. The first-order chi connectivity index (χ1) is 17.2. The van der Waals surface area contributed by atoms with Gasteiger partial charge in [0, 0.05) is 35.0 Å². The zero-order chi connectivity index (χ0) is 25.4. The Kier molecular flexibility index (Phi) is 5.23. The maximum atomic E-state index is 15.3. The molecule has 4 heterocycles. The summed E-state index contributed by atoms with van der Waals surface area (Å²) in [7, 11) is 1.94. The third-order valence-corrected chi connectivity index (χ3v) is 8.88. The number of carbonyl (C=O) groups is 1. The van der Waals surface area contributed by atoms with Crippen LogP contribution < -0.4 is 10.4 Å². The van der Waals surface area contributed by atoms with Crippen molar-refractivity contribution in [3.63, 3.8) is 0 Å². The van der Waals surface area contributed by atoms with Crippen LogP contribution in [-0.4, -0.2) is 41.1 Å². The highest BCUT2D eigenvalue weighted by molar-refractivity contribution is 7.98. The number of aromatic nitrogens is 1. The van der Waals surface area contributed by atoms with Gasteiger partial charge in [0.05, 0.1) is 5.44 Å². The largest absolute Gasteiger partial charge is 0.502 e. The molecule has 0 bridgehead atoms. The van der Waals surface area contributed by atoms with Gasteiger partial charge < -0.3 is 10.0 Å². The second-order valence-electron chi connectivity index (χ2n) is 9.93. The standard InChI is InChI=1S/C26H24BF2N3O3S/c1-14-6-9-21-30(12-14)25(35)23-24(34)19(33)10-11-31(23)32(21)26(27)16-7-8-18(28)22(29)15(16)13-36-20-5-3-2-4-17(20)26/h2-5,7-8,10-11,14,21,34H,6,9,12-13,27H2,1H3/t14-,21-,26-/m1/s1. The summed E-state index contributed by atoms with van der Waals surface area (Å²) in [6.07, 6.45) is 2.58. The molecule has 3 atom stereocenters. The van der Waals surface area contributed by atoms with Crippen molar-refractivity contribution in [1.82, 2.24) is 9.58 Å². The van der Waals surface area contributed by atoms with Crippen LogP contribution in [-0.2, 0) is 11.2 Å². The summed E-state index contributed by atoms with van der Waals surface area (Å²) in [4.78, 5) is 28.7. The van der Waals surface area contributed by atoms with Crippen LogP contribution in [0.5, 0.6) is 5.75 Å². The van der Waals surface area contributed by atoms with Crippen molar-refractivity contribution in [3.8, 4) is 5.75 Å². The highest BCUT2D eigenvalue weighted by Crippen LogP contribution is 2.48. The molecule has 6 rings (SSSR count). The zero-order valence-electron chi connectivity index (χ0n) is 19.9. The molecule has 3 aliphatic rings. The van der Waals surface area contributed by atoms with Crippen LogP contribution in [0.3, 0.4) is 0 Å². The van der Waals surface area contributed by atoms with Gasteiger partial charge in [-0.05, 0) is 42.0 Å². The number of nitrogens with zero attached hydrogens (tertiary/aromatic N) is 3. The molecule has 3 aromatic rings. The van der Waals surface area contributed by atoms with Crippen LogP contribution in [0.25, 0.3) is 0 Å². The molecule has 0 unspecified atom stereocenters. The number of benzene rings is 2. The number of carbonyl (C=O) groups excluding carboxylic acids is 1. The van der Waals surface area contributed by atoms with E-state index in [-0.39, 0.29) is 22.9 Å². The van der Waals surface area contributed by atoms with E-state index in [1.165, 1.54) is 24.0 Å². The van der Waals surface area contributed by atoms with Crippen LogP contribution >= 0.6 is 11.8 Å². The van der Waals surface area contributed by atoms with Crippen molar-refractivity contribution in [2.24, 2.45) is 5.92 Å². The number of hydrogen-bond donors (Lipinski definition) is 1. The van der Waals surface area contributed by atoms with E-state index in [0.29, 0.717) is 18.5 Å². The second-order valence-corrected chi connectivity index (χ2v) is 10.9. The number of halogens is 2. The number of fused-ring (bicyclic) bond motifs is 4. The summed E-state index contributed by atoms with van der Waals surface area (Å²) >= 11 is 1.44. The molecule has 0 spiro atoms. The maximum Gasteiger partial charge on any atom is 0.278 e. The van der Waals surface area contributed by atoms with Crippen molar-refractivity contribution in [2.75, 3.05) is 11.6 Å². The molecule has 6 nitrogen and oxygen atoms in total. The minimum absolute atomic E-state index is 0.118. The second kappa shape index (κ2) is 8.13. The summed E-state index contributed by atoms with van der Waals surface area (Å²) in [5.41, 5.74) is -0.114. The Bertz CT molecular complexity index is 1480. The Morgan fingerprint density at radius 3 is 2.67 bits per heavy atom. The minimum atomic E-state index is -1.07. The van der Waals surface area contributed by atoms with E-state index >= 15 is 4.39 Å². The van der Waals surface area contributed by atoms with E-state index < -0.39 is 40.3 Å². The quantitative estimate of drug-likeness (QED) is 0.513. The van der Waals surface area contributed by atoms with Gasteiger partial charge in [0.2, 0.25) is 5.43 Å². The maximum absolute atomic E-state index is 15.3. The Hall–Kier alpha value is -3.27. The van der Waals surface area contributed by atoms with Crippen LogP contribution in [0.1, 0.15) is 46.9 Å². The van der Waals surface area contributed by atoms with E-state index in [0.717, 1.165) is 22.9 Å². The summed E-state index contributed by atoms with van der Waals surface area (Å²) in [6, 6.07) is 11.7. The summed E-state index contributed by atoms with van der Waals surface area (Å²) in [6.45, 7) is 2.52. The predicted molar refractivity (Wildman–Crippen MR) is 135 cm³/mol. The zero-order valence-corrected chi connectivity index (χ0v) is 20.7. The van der Waals surface area contributed by atoms with Gasteiger partial charge >= 0.3 is 0 Å². The lowest BCUT2D eigenvalue weighted by molar-refractivity contribution is 0.0364. The number of amides is 1. The highest BCUT2D eigenvalue weighted by atomic mass is 32.2. The van der Waals surface area contributed by atoms with Gasteiger partial charge in [-0.15, -0.1) is 11.8 Å². The van der Waals surface area contributed by atoms with Gasteiger partial charge in [-0.3, -0.25) is 19.3 Å². The van der Waals surface area contributed by atoms with E-state index in [1.54, 1.807) is 15.6 Å². The number of piperidine rings is 1. The van der Waals surface area contributed by atoms with Gasteiger partial charge in [0.25, 0.3) is 5.91 Å². The number of thioether (sulfide) groups is 1. The molecule has 0 radical (unpaired) electrons. The Morgan fingerprint density at radius 2 is 1.86 bits per heavy atom. The van der Waals surface area contributed by atoms with Crippen molar-refractivity contribution >= 4 is 25.5 Å². The van der Waals surface area contributed by atoms with Crippen LogP contribution in [0, 0.1) is 17.6 Å². The molecule has 1 aromatic heterocycles. The van der Waals surface area contributed by atoms with Gasteiger partial charge in [-0.25, -0.2) is 8.78 Å². The van der Waals surface area contributed by atoms with Gasteiger partial charge in [0.1, 0.15) is 14.0 Å². The summed E-state index contributed by atoms with van der Waals surface area (Å²) in [5.74, 6) is -2.35. The lowest BCUT2D eigenvalue weighted by atomic mass is 9.65. The van der Waals surface area contributed by atoms with Crippen LogP contribution in [0.2, 0.25) is 0 Å². The molecule has 184 valence electrons. The molecule has 1 saturated heterocycles. The van der Waals surface area contributed by atoms with Crippen LogP contribution in [0.4, 0.5) is 8.78 Å². The molecule has 3 aliphatic heterocycles. The summed E-state index contributed by atoms with van der Waals surface area (Å²) < 4.78 is 31.3. The highest BCUT2D eigenvalue weighted by Gasteiger charge is 2.51. The van der Waals surface area contributed by atoms with Gasteiger partial charge in [-0.1, -0.05) is 31.2 Å². The molecule has 2 aromatic carbocycles. The number of rotatable bonds is 1. The monoisotopic (exact) mass is 507 g/mol. The molecular formula is C26H24BF2N3O3S. The van der Waals surface area contributed by atoms with Crippen molar-refractivity contribution in [2.45, 2.75) is 42.0 Å². The average Bonchev–Trinajstić information content (AvgIpc) is 2.99. The lowest BCUT2D eigenvalue weighted by Gasteiger charge is -2.57. The molecule has 0 saturated carbocycles. The molecule has 36 heavy (non-hydrogen) atoms. The molecule has 1 fully saturated rings. The topological polar surface area (TPSA) is 65.8 Å². The third-order valence-electron chi connectivity index (χ3n) is 7.78. The van der Waals surface area contributed by atoms with Crippen LogP contribution in [0.15, 0.2) is 58.4 Å². The van der Waals surface area contributed by atoms with Crippen molar-refractivity contribution in [3.05, 3.63) is 92.9 Å². The fourth-order valence-electron chi connectivity index (χ4n) is 6.03. The number of pyridine rings is 1. The number of hydrogen-bond acceptors (Lipinski definition) is 5. The Balaban J connectivity index is 1.72. The van der Waals surface area contributed by atoms with Crippen molar-refractivity contribution < 1.29 is 18.7 Å². The first-order valence-corrected chi connectivity index (χ1v) is 13.0. The smallest absolute Gasteiger partial charge is 0.278 e. The molecule has 1 N–H and O–H groups in total. The lowest BCUT2D eigenvalue weighted by Crippen LogP contribution is -2.70. The fourth-order valence-corrected chi connectivity index (χ4v) is 7.21. The van der Waals surface area contributed by atoms with E-state index in [9.17, 15) is 19.1 Å². The van der Waals surface area contributed by atoms with E-state index in [1.807, 2.05) is 37.1 Å². The third kappa shape index (κ3) is 3.09. The first kappa shape index (κ1) is 23.2. The molecule has 1 amide bonds. The molecule has 0 aliphatic carbocycles. The minimum Gasteiger partial charge on any atom is -0.502 e. The van der Waals surface area contributed by atoms with Gasteiger partial charge in [0.15, 0.2) is 23.1 Å². The average molecular weight is 507 g/mol. The summed E-state index contributed by atoms with van der Waals surface area (Å²) in [5, 5.41) is 12.7. The first-order valence-electron chi connectivity index (χ1n) is 12.0. The van der Waals surface area contributed by atoms with E-state index in [2.05, 4.69) is 6.92 Å².